The number of nitro benzene ring substituents is 1. The Kier molecular flexibility index (Phi) is 4.22. The Labute approximate surface area is 107 Å². The summed E-state index contributed by atoms with van der Waals surface area (Å²) < 4.78 is 23.4. The number of halogens is 1. The van der Waals surface area contributed by atoms with Gasteiger partial charge in [-0.15, -0.1) is 4.83 Å². The van der Waals surface area contributed by atoms with Crippen molar-refractivity contribution in [3.05, 3.63) is 33.3 Å². The molecule has 0 atom stereocenters. The molecule has 0 bridgehead atoms. The lowest BCUT2D eigenvalue weighted by molar-refractivity contribution is -0.385. The third-order valence-electron chi connectivity index (χ3n) is 1.78. The van der Waals surface area contributed by atoms with Gasteiger partial charge in [0.1, 0.15) is 4.90 Å². The van der Waals surface area contributed by atoms with Gasteiger partial charge in [0.25, 0.3) is 15.7 Å². The van der Waals surface area contributed by atoms with Crippen LogP contribution in [-0.4, -0.2) is 19.2 Å². The smallest absolute Gasteiger partial charge is 0.270 e. The van der Waals surface area contributed by atoms with Gasteiger partial charge in [0.05, 0.1) is 9.95 Å². The number of nitro groups is 1. The topological polar surface area (TPSA) is 118 Å². The summed E-state index contributed by atoms with van der Waals surface area (Å²) in [5.74, 6) is -0.639. The summed E-state index contributed by atoms with van der Waals surface area (Å²) >= 11 is 5.65. The molecule has 1 aromatic rings. The number of hydrogen-bond donors (Lipinski definition) is 2. The molecule has 1 aromatic carbocycles. The van der Waals surface area contributed by atoms with E-state index in [1.807, 2.05) is 5.43 Å². The van der Waals surface area contributed by atoms with Crippen molar-refractivity contribution in [1.82, 2.24) is 10.3 Å². The van der Waals surface area contributed by atoms with Crippen molar-refractivity contribution in [3.8, 4) is 0 Å². The molecule has 0 unspecified atom stereocenters. The van der Waals surface area contributed by atoms with Gasteiger partial charge < -0.3 is 0 Å². The summed E-state index contributed by atoms with van der Waals surface area (Å²) in [6.45, 7) is 1.09. The summed E-state index contributed by atoms with van der Waals surface area (Å²) in [6.07, 6.45) is 0. The first kappa shape index (κ1) is 14.4. The molecule has 0 saturated heterocycles. The van der Waals surface area contributed by atoms with Gasteiger partial charge >= 0.3 is 0 Å². The molecule has 0 fully saturated rings. The van der Waals surface area contributed by atoms with Crippen LogP contribution in [0.5, 0.6) is 0 Å². The molecule has 8 nitrogen and oxygen atoms in total. The Hall–Kier alpha value is -1.71. The largest absolute Gasteiger partial charge is 0.278 e. The van der Waals surface area contributed by atoms with E-state index in [1.54, 1.807) is 4.83 Å². The molecular weight excluding hydrogens is 286 g/mol. The normalized spacial score (nSPS) is 11.0. The molecule has 10 heteroatoms. The number of hydrogen-bond acceptors (Lipinski definition) is 5. The molecule has 0 aliphatic heterocycles. The number of carbonyl (C=O) groups excluding carboxylic acids is 1. The van der Waals surface area contributed by atoms with Crippen LogP contribution in [0.15, 0.2) is 23.1 Å². The van der Waals surface area contributed by atoms with Crippen LogP contribution in [0.25, 0.3) is 0 Å². The maximum atomic E-state index is 11.7. The average molecular weight is 294 g/mol. The SMILES string of the molecule is CC(=O)NNS(=O)(=O)c1cc([N+](=O)[O-])ccc1Cl. The monoisotopic (exact) mass is 293 g/mol. The molecule has 0 aliphatic rings. The van der Waals surface area contributed by atoms with E-state index in [1.165, 1.54) is 0 Å². The standard InChI is InChI=1S/C8H8ClN3O5S/c1-5(13)10-11-18(16,17)8-4-6(12(14)15)2-3-7(8)9/h2-4,11H,1H3,(H,10,13). The fraction of sp³-hybridized carbons (Fsp3) is 0.125. The third kappa shape index (κ3) is 3.39. The molecule has 18 heavy (non-hydrogen) atoms. The zero-order chi connectivity index (χ0) is 13.9. The summed E-state index contributed by atoms with van der Waals surface area (Å²) in [5, 5.41) is 10.3. The first-order valence-corrected chi connectivity index (χ1v) is 6.32. The highest BCUT2D eigenvalue weighted by Gasteiger charge is 2.21. The van der Waals surface area contributed by atoms with Crippen LogP contribution in [-0.2, 0) is 14.8 Å². The Morgan fingerprint density at radius 2 is 2.06 bits per heavy atom. The van der Waals surface area contributed by atoms with E-state index < -0.39 is 31.4 Å². The first-order chi connectivity index (χ1) is 8.24. The van der Waals surface area contributed by atoms with E-state index in [0.29, 0.717) is 0 Å². The van der Waals surface area contributed by atoms with E-state index in [2.05, 4.69) is 0 Å². The van der Waals surface area contributed by atoms with E-state index in [-0.39, 0.29) is 5.02 Å². The molecule has 2 N–H and O–H groups in total. The third-order valence-corrected chi connectivity index (χ3v) is 3.51. The molecule has 0 aromatic heterocycles. The van der Waals surface area contributed by atoms with Crippen LogP contribution in [0.2, 0.25) is 5.02 Å². The molecule has 0 spiro atoms. The van der Waals surface area contributed by atoms with Crippen LogP contribution in [0.1, 0.15) is 6.92 Å². The molecule has 98 valence electrons. The number of nitrogens with one attached hydrogen (secondary N) is 2. The molecule has 1 amide bonds. The predicted molar refractivity (Wildman–Crippen MR) is 62.2 cm³/mol. The fourth-order valence-electron chi connectivity index (χ4n) is 1.01. The van der Waals surface area contributed by atoms with E-state index in [9.17, 15) is 23.3 Å². The highest BCUT2D eigenvalue weighted by molar-refractivity contribution is 7.89. The van der Waals surface area contributed by atoms with Crippen LogP contribution in [0.4, 0.5) is 5.69 Å². The zero-order valence-electron chi connectivity index (χ0n) is 9.01. The second-order valence-corrected chi connectivity index (χ2v) is 5.22. The molecule has 0 radical (unpaired) electrons. The summed E-state index contributed by atoms with van der Waals surface area (Å²) in [5.41, 5.74) is 1.43. The highest BCUT2D eigenvalue weighted by Crippen LogP contribution is 2.25. The van der Waals surface area contributed by atoms with Crippen LogP contribution >= 0.6 is 11.6 Å². The quantitative estimate of drug-likeness (QED) is 0.621. The van der Waals surface area contributed by atoms with Gasteiger partial charge in [-0.25, -0.2) is 8.42 Å². The number of sulfonamides is 1. The van der Waals surface area contributed by atoms with E-state index >= 15 is 0 Å². The van der Waals surface area contributed by atoms with Crippen LogP contribution < -0.4 is 10.3 Å². The zero-order valence-corrected chi connectivity index (χ0v) is 10.6. The number of non-ortho nitro benzene ring substituents is 1. The molecule has 0 saturated carbocycles. The van der Waals surface area contributed by atoms with Crippen molar-refractivity contribution < 1.29 is 18.1 Å². The maximum absolute atomic E-state index is 11.7. The summed E-state index contributed by atoms with van der Waals surface area (Å²) in [6, 6.07) is 2.95. The minimum Gasteiger partial charge on any atom is -0.278 e. The van der Waals surface area contributed by atoms with Crippen LogP contribution in [0, 0.1) is 10.1 Å². The van der Waals surface area contributed by atoms with Gasteiger partial charge in [-0.3, -0.25) is 20.3 Å². The molecule has 0 heterocycles. The molecular formula is C8H8ClN3O5S. The van der Waals surface area contributed by atoms with Crippen molar-refractivity contribution in [2.75, 3.05) is 0 Å². The second kappa shape index (κ2) is 5.29. The van der Waals surface area contributed by atoms with Crippen molar-refractivity contribution in [3.63, 3.8) is 0 Å². The van der Waals surface area contributed by atoms with Gasteiger partial charge in [0, 0.05) is 19.1 Å². The Morgan fingerprint density at radius 3 is 2.56 bits per heavy atom. The van der Waals surface area contributed by atoms with Crippen molar-refractivity contribution in [2.24, 2.45) is 0 Å². The summed E-state index contributed by atoms with van der Waals surface area (Å²) in [7, 11) is -4.16. The Balaban J connectivity index is 3.18. The predicted octanol–water partition coefficient (Wildman–Crippen LogP) is 0.578. The molecule has 0 aliphatic carbocycles. The Morgan fingerprint density at radius 1 is 1.44 bits per heavy atom. The highest BCUT2D eigenvalue weighted by atomic mass is 35.5. The van der Waals surface area contributed by atoms with Crippen molar-refractivity contribution in [2.45, 2.75) is 11.8 Å². The second-order valence-electron chi connectivity index (χ2n) is 3.16. The number of hydrazine groups is 1. The van der Waals surface area contributed by atoms with Gasteiger partial charge in [0.2, 0.25) is 5.91 Å². The number of amides is 1. The van der Waals surface area contributed by atoms with E-state index in [0.717, 1.165) is 25.1 Å². The number of rotatable bonds is 4. The van der Waals surface area contributed by atoms with Gasteiger partial charge in [-0.2, -0.15) is 0 Å². The summed E-state index contributed by atoms with van der Waals surface area (Å²) in [4.78, 5) is 21.6. The maximum Gasteiger partial charge on any atom is 0.270 e. The lowest BCUT2D eigenvalue weighted by Crippen LogP contribution is -2.40. The first-order valence-electron chi connectivity index (χ1n) is 4.46. The number of carbonyl (C=O) groups is 1. The minimum atomic E-state index is -4.16. The van der Waals surface area contributed by atoms with Crippen LogP contribution in [0.3, 0.4) is 0 Å². The van der Waals surface area contributed by atoms with Crippen molar-refractivity contribution in [1.29, 1.82) is 0 Å². The van der Waals surface area contributed by atoms with Gasteiger partial charge in [0.15, 0.2) is 0 Å². The fourth-order valence-corrected chi connectivity index (χ4v) is 2.42. The average Bonchev–Trinajstić information content (AvgIpc) is 2.26. The number of nitrogens with zero attached hydrogens (tertiary/aromatic N) is 1. The Bertz CT molecular complexity index is 601. The molecule has 1 rings (SSSR count). The van der Waals surface area contributed by atoms with Gasteiger partial charge in [-0.1, -0.05) is 11.6 Å². The number of benzene rings is 1. The van der Waals surface area contributed by atoms with Gasteiger partial charge in [-0.05, 0) is 6.07 Å². The lowest BCUT2D eigenvalue weighted by Gasteiger charge is -2.07. The van der Waals surface area contributed by atoms with E-state index in [4.69, 9.17) is 11.6 Å². The lowest BCUT2D eigenvalue weighted by atomic mass is 10.3. The minimum absolute atomic E-state index is 0.196. The van der Waals surface area contributed by atoms with Crippen molar-refractivity contribution >= 4 is 33.2 Å².